The molecule has 0 saturated carbocycles. The van der Waals surface area contributed by atoms with Crippen LogP contribution in [0.1, 0.15) is 5.56 Å². The summed E-state index contributed by atoms with van der Waals surface area (Å²) in [5, 5.41) is 11.0. The standard InChI is InChI=1S/C11H12ClN5O/c1-7-8(12)3-2-4-9(7)15-11(18)6-17-14-5-10(13)16-17/h2-5H,6H2,1H3,(H2,13,16)(H,15,18). The van der Waals surface area contributed by atoms with Gasteiger partial charge in [0.25, 0.3) is 0 Å². The third-order valence-corrected chi connectivity index (χ3v) is 2.79. The van der Waals surface area contributed by atoms with Crippen LogP contribution in [0.3, 0.4) is 0 Å². The topological polar surface area (TPSA) is 85.8 Å². The molecule has 2 aromatic rings. The van der Waals surface area contributed by atoms with E-state index in [1.165, 1.54) is 11.0 Å². The Kier molecular flexibility index (Phi) is 3.47. The molecule has 1 aromatic heterocycles. The summed E-state index contributed by atoms with van der Waals surface area (Å²) in [5.74, 6) is 0.0395. The summed E-state index contributed by atoms with van der Waals surface area (Å²) in [6.07, 6.45) is 1.39. The molecule has 0 aliphatic rings. The summed E-state index contributed by atoms with van der Waals surface area (Å²) in [6, 6.07) is 5.32. The van der Waals surface area contributed by atoms with E-state index >= 15 is 0 Å². The number of rotatable bonds is 3. The Labute approximate surface area is 109 Å². The van der Waals surface area contributed by atoms with E-state index in [4.69, 9.17) is 17.3 Å². The number of hydrogen-bond acceptors (Lipinski definition) is 4. The van der Waals surface area contributed by atoms with Gasteiger partial charge in [0, 0.05) is 10.7 Å². The molecule has 1 amide bonds. The molecule has 94 valence electrons. The zero-order valence-corrected chi connectivity index (χ0v) is 10.5. The second-order valence-electron chi connectivity index (χ2n) is 3.76. The predicted molar refractivity (Wildman–Crippen MR) is 69.3 cm³/mol. The lowest BCUT2D eigenvalue weighted by Crippen LogP contribution is -2.20. The van der Waals surface area contributed by atoms with Crippen molar-refractivity contribution < 1.29 is 4.79 Å². The molecule has 1 heterocycles. The fourth-order valence-corrected chi connectivity index (χ4v) is 1.62. The van der Waals surface area contributed by atoms with Crippen molar-refractivity contribution in [2.24, 2.45) is 0 Å². The van der Waals surface area contributed by atoms with Gasteiger partial charge in [-0.15, -0.1) is 5.10 Å². The number of amides is 1. The van der Waals surface area contributed by atoms with Gasteiger partial charge in [0.1, 0.15) is 6.54 Å². The van der Waals surface area contributed by atoms with Crippen molar-refractivity contribution in [1.29, 1.82) is 0 Å². The number of carbonyl (C=O) groups is 1. The SMILES string of the molecule is Cc1c(Cl)cccc1NC(=O)Cn1ncc(N)n1. The van der Waals surface area contributed by atoms with Gasteiger partial charge in [-0.25, -0.2) is 0 Å². The van der Waals surface area contributed by atoms with Gasteiger partial charge in [-0.2, -0.15) is 9.90 Å². The number of anilines is 2. The zero-order valence-electron chi connectivity index (χ0n) is 9.72. The number of hydrogen-bond donors (Lipinski definition) is 2. The minimum Gasteiger partial charge on any atom is -0.381 e. The second-order valence-corrected chi connectivity index (χ2v) is 4.17. The van der Waals surface area contributed by atoms with Crippen LogP contribution in [0.2, 0.25) is 5.02 Å². The van der Waals surface area contributed by atoms with Gasteiger partial charge in [-0.3, -0.25) is 4.79 Å². The molecule has 0 aliphatic heterocycles. The van der Waals surface area contributed by atoms with Crippen molar-refractivity contribution in [2.75, 3.05) is 11.1 Å². The van der Waals surface area contributed by atoms with Crippen molar-refractivity contribution in [3.8, 4) is 0 Å². The van der Waals surface area contributed by atoms with Crippen LogP contribution in [-0.2, 0) is 11.3 Å². The number of carbonyl (C=O) groups excluding carboxylic acids is 1. The summed E-state index contributed by atoms with van der Waals surface area (Å²) in [4.78, 5) is 13.0. The van der Waals surface area contributed by atoms with Gasteiger partial charge >= 0.3 is 0 Å². The van der Waals surface area contributed by atoms with Crippen LogP contribution in [0.15, 0.2) is 24.4 Å². The third-order valence-electron chi connectivity index (χ3n) is 2.38. The van der Waals surface area contributed by atoms with Crippen molar-refractivity contribution >= 4 is 29.0 Å². The molecular weight excluding hydrogens is 254 g/mol. The molecule has 3 N–H and O–H groups in total. The summed E-state index contributed by atoms with van der Waals surface area (Å²) in [7, 11) is 0. The number of nitrogens with two attached hydrogens (primary N) is 1. The number of halogens is 1. The molecule has 0 saturated heterocycles. The Morgan fingerprint density at radius 1 is 1.56 bits per heavy atom. The third kappa shape index (κ3) is 2.78. The van der Waals surface area contributed by atoms with E-state index in [1.54, 1.807) is 18.2 Å². The van der Waals surface area contributed by atoms with Gasteiger partial charge in [-0.1, -0.05) is 17.7 Å². The Bertz CT molecular complexity index is 581. The second kappa shape index (κ2) is 5.05. The molecule has 0 atom stereocenters. The zero-order chi connectivity index (χ0) is 13.1. The largest absolute Gasteiger partial charge is 0.381 e. The minimum absolute atomic E-state index is 0.00313. The number of nitrogens with one attached hydrogen (secondary N) is 1. The molecular formula is C11H12ClN5O. The summed E-state index contributed by atoms with van der Waals surface area (Å²) >= 11 is 5.96. The fraction of sp³-hybridized carbons (Fsp3) is 0.182. The van der Waals surface area contributed by atoms with Crippen molar-refractivity contribution in [3.63, 3.8) is 0 Å². The van der Waals surface area contributed by atoms with Crippen LogP contribution in [0.5, 0.6) is 0 Å². The predicted octanol–water partition coefficient (Wildman–Crippen LogP) is 1.46. The minimum atomic E-state index is -0.240. The van der Waals surface area contributed by atoms with E-state index < -0.39 is 0 Å². The van der Waals surface area contributed by atoms with Crippen LogP contribution in [0.4, 0.5) is 11.5 Å². The fourth-order valence-electron chi connectivity index (χ4n) is 1.45. The number of nitrogens with zero attached hydrogens (tertiary/aromatic N) is 3. The first-order valence-electron chi connectivity index (χ1n) is 5.27. The maximum Gasteiger partial charge on any atom is 0.247 e. The molecule has 18 heavy (non-hydrogen) atoms. The van der Waals surface area contributed by atoms with Crippen LogP contribution < -0.4 is 11.1 Å². The van der Waals surface area contributed by atoms with E-state index in [0.29, 0.717) is 10.7 Å². The maximum absolute atomic E-state index is 11.8. The van der Waals surface area contributed by atoms with Crippen LogP contribution >= 0.6 is 11.6 Å². The summed E-state index contributed by atoms with van der Waals surface area (Å²) in [6.45, 7) is 1.84. The average molecular weight is 266 g/mol. The number of aromatic nitrogens is 3. The monoisotopic (exact) mass is 265 g/mol. The van der Waals surface area contributed by atoms with Gasteiger partial charge in [-0.05, 0) is 24.6 Å². The molecule has 2 rings (SSSR count). The Morgan fingerprint density at radius 2 is 2.33 bits per heavy atom. The summed E-state index contributed by atoms with van der Waals surface area (Å²) < 4.78 is 0. The lowest BCUT2D eigenvalue weighted by molar-refractivity contribution is -0.117. The van der Waals surface area contributed by atoms with Crippen LogP contribution in [0, 0.1) is 6.92 Å². The molecule has 0 bridgehead atoms. The Morgan fingerprint density at radius 3 is 3.00 bits per heavy atom. The summed E-state index contributed by atoms with van der Waals surface area (Å²) in [5.41, 5.74) is 6.90. The normalized spacial score (nSPS) is 10.3. The molecule has 1 aromatic carbocycles. The highest BCUT2D eigenvalue weighted by atomic mass is 35.5. The number of benzene rings is 1. The molecule has 7 heteroatoms. The van der Waals surface area contributed by atoms with Gasteiger partial charge in [0.05, 0.1) is 6.20 Å². The molecule has 0 unspecified atom stereocenters. The van der Waals surface area contributed by atoms with E-state index in [0.717, 1.165) is 5.56 Å². The highest BCUT2D eigenvalue weighted by molar-refractivity contribution is 6.31. The van der Waals surface area contributed by atoms with Gasteiger partial charge in [0.15, 0.2) is 5.82 Å². The lowest BCUT2D eigenvalue weighted by atomic mass is 10.2. The van der Waals surface area contributed by atoms with Crippen LogP contribution in [-0.4, -0.2) is 20.9 Å². The Hall–Kier alpha value is -2.08. The molecule has 0 aliphatic carbocycles. The van der Waals surface area contributed by atoms with Crippen molar-refractivity contribution in [3.05, 3.63) is 35.0 Å². The smallest absolute Gasteiger partial charge is 0.247 e. The highest BCUT2D eigenvalue weighted by Gasteiger charge is 2.08. The van der Waals surface area contributed by atoms with Crippen LogP contribution in [0.25, 0.3) is 0 Å². The van der Waals surface area contributed by atoms with E-state index in [-0.39, 0.29) is 18.3 Å². The van der Waals surface area contributed by atoms with Crippen molar-refractivity contribution in [2.45, 2.75) is 13.5 Å². The van der Waals surface area contributed by atoms with Crippen molar-refractivity contribution in [1.82, 2.24) is 15.0 Å². The molecule has 0 spiro atoms. The average Bonchev–Trinajstić information content (AvgIpc) is 2.70. The maximum atomic E-state index is 11.8. The Balaban J connectivity index is 2.05. The van der Waals surface area contributed by atoms with E-state index in [1.807, 2.05) is 6.92 Å². The first-order chi connectivity index (χ1) is 8.56. The highest BCUT2D eigenvalue weighted by Crippen LogP contribution is 2.22. The van der Waals surface area contributed by atoms with Gasteiger partial charge < -0.3 is 11.1 Å². The lowest BCUT2D eigenvalue weighted by Gasteiger charge is -2.08. The van der Waals surface area contributed by atoms with E-state index in [2.05, 4.69) is 15.5 Å². The first-order valence-corrected chi connectivity index (χ1v) is 5.64. The van der Waals surface area contributed by atoms with E-state index in [9.17, 15) is 4.79 Å². The molecule has 0 radical (unpaired) electrons. The first kappa shape index (κ1) is 12.4. The number of nitrogen functional groups attached to an aromatic ring is 1. The quantitative estimate of drug-likeness (QED) is 0.880. The molecule has 0 fully saturated rings. The molecule has 6 nitrogen and oxygen atoms in total. The van der Waals surface area contributed by atoms with Gasteiger partial charge in [0.2, 0.25) is 5.91 Å².